The molecule has 0 spiro atoms. The summed E-state index contributed by atoms with van der Waals surface area (Å²) >= 11 is 0. The molecule has 1 rings (SSSR count). The molecule has 0 unspecified atom stereocenters. The molecule has 1 aromatic carbocycles. The minimum atomic E-state index is 0.106. The smallest absolute Gasteiger partial charge is 0.188 e. The molecular weight excluding hydrogens is 208 g/mol. The van der Waals surface area contributed by atoms with Gasteiger partial charge < -0.3 is 14.2 Å². The van der Waals surface area contributed by atoms with Gasteiger partial charge in [0.15, 0.2) is 13.1 Å². The van der Waals surface area contributed by atoms with E-state index >= 15 is 0 Å². The monoisotopic (exact) mass is 220 g/mol. The van der Waals surface area contributed by atoms with Crippen molar-refractivity contribution >= 4 is 6.29 Å². The summed E-state index contributed by atoms with van der Waals surface area (Å²) in [5.74, 6) is 3.29. The van der Waals surface area contributed by atoms with Crippen molar-refractivity contribution in [2.75, 3.05) is 20.5 Å². The van der Waals surface area contributed by atoms with Crippen LogP contribution in [0.15, 0.2) is 18.2 Å². The van der Waals surface area contributed by atoms with E-state index in [1.54, 1.807) is 18.2 Å². The number of rotatable bonds is 6. The van der Waals surface area contributed by atoms with E-state index < -0.39 is 0 Å². The zero-order valence-electron chi connectivity index (χ0n) is 8.93. The second-order valence-electron chi connectivity index (χ2n) is 2.86. The Labute approximate surface area is 94.1 Å². The molecule has 0 aromatic heterocycles. The lowest BCUT2D eigenvalue weighted by atomic mass is 10.2. The second-order valence-corrected chi connectivity index (χ2v) is 2.86. The van der Waals surface area contributed by atoms with Crippen LogP contribution in [0, 0.1) is 12.3 Å². The zero-order chi connectivity index (χ0) is 11.8. The van der Waals surface area contributed by atoms with Gasteiger partial charge >= 0.3 is 0 Å². The fourth-order valence-electron chi connectivity index (χ4n) is 1.07. The van der Waals surface area contributed by atoms with E-state index in [0.29, 0.717) is 23.3 Å². The average Bonchev–Trinajstić information content (AvgIpc) is 2.33. The minimum absolute atomic E-state index is 0.106. The molecule has 84 valence electrons. The Kier molecular flexibility index (Phi) is 4.90. The predicted molar refractivity (Wildman–Crippen MR) is 58.7 cm³/mol. The predicted octanol–water partition coefficient (Wildman–Crippen LogP) is 1.49. The highest BCUT2D eigenvalue weighted by Gasteiger charge is 2.04. The SMILES string of the molecule is C#CCOc1cc(OCOC)ccc1C=O. The maximum absolute atomic E-state index is 10.7. The van der Waals surface area contributed by atoms with E-state index in [1.165, 1.54) is 7.11 Å². The number of carbonyl (C=O) groups is 1. The largest absolute Gasteiger partial charge is 0.480 e. The van der Waals surface area contributed by atoms with Gasteiger partial charge in [0.05, 0.1) is 5.56 Å². The number of aldehydes is 1. The molecule has 0 saturated heterocycles. The fourth-order valence-corrected chi connectivity index (χ4v) is 1.07. The lowest BCUT2D eigenvalue weighted by Crippen LogP contribution is -2.01. The van der Waals surface area contributed by atoms with Gasteiger partial charge in [-0.15, -0.1) is 6.42 Å². The molecule has 0 aliphatic carbocycles. The summed E-state index contributed by atoms with van der Waals surface area (Å²) in [6.07, 6.45) is 5.77. The maximum Gasteiger partial charge on any atom is 0.188 e. The Hall–Kier alpha value is -1.99. The Bertz CT molecular complexity index is 392. The first-order valence-corrected chi connectivity index (χ1v) is 4.59. The first-order chi connectivity index (χ1) is 7.81. The summed E-state index contributed by atoms with van der Waals surface area (Å²) < 4.78 is 15.2. The molecule has 1 aromatic rings. The van der Waals surface area contributed by atoms with Gasteiger partial charge in [-0.05, 0) is 12.1 Å². The quantitative estimate of drug-likeness (QED) is 0.414. The number of ether oxygens (including phenoxy) is 3. The van der Waals surface area contributed by atoms with E-state index in [9.17, 15) is 4.79 Å². The third kappa shape index (κ3) is 3.30. The van der Waals surface area contributed by atoms with Gasteiger partial charge in [0, 0.05) is 13.2 Å². The van der Waals surface area contributed by atoms with Crippen LogP contribution in [0.3, 0.4) is 0 Å². The highest BCUT2D eigenvalue weighted by atomic mass is 16.7. The van der Waals surface area contributed by atoms with Crippen LogP contribution in [0.4, 0.5) is 0 Å². The Morgan fingerprint density at radius 2 is 2.25 bits per heavy atom. The summed E-state index contributed by atoms with van der Waals surface area (Å²) in [5.41, 5.74) is 0.431. The van der Waals surface area contributed by atoms with E-state index in [0.717, 1.165) is 0 Å². The van der Waals surface area contributed by atoms with Crippen molar-refractivity contribution in [2.24, 2.45) is 0 Å². The van der Waals surface area contributed by atoms with Gasteiger partial charge in [-0.25, -0.2) is 0 Å². The van der Waals surface area contributed by atoms with Crippen LogP contribution in [-0.4, -0.2) is 26.8 Å². The highest BCUT2D eigenvalue weighted by molar-refractivity contribution is 5.79. The van der Waals surface area contributed by atoms with Crippen molar-refractivity contribution in [1.29, 1.82) is 0 Å². The van der Waals surface area contributed by atoms with Crippen LogP contribution in [0.2, 0.25) is 0 Å². The molecule has 0 aliphatic heterocycles. The number of methoxy groups -OCH3 is 1. The maximum atomic E-state index is 10.7. The molecular formula is C12H12O4. The summed E-state index contributed by atoms with van der Waals surface area (Å²) in [4.78, 5) is 10.7. The topological polar surface area (TPSA) is 44.8 Å². The summed E-state index contributed by atoms with van der Waals surface area (Å²) in [6, 6.07) is 4.86. The van der Waals surface area contributed by atoms with E-state index in [1.807, 2.05) is 0 Å². The third-order valence-corrected chi connectivity index (χ3v) is 1.77. The van der Waals surface area contributed by atoms with E-state index in [2.05, 4.69) is 5.92 Å². The second kappa shape index (κ2) is 6.49. The summed E-state index contributed by atoms with van der Waals surface area (Å²) in [7, 11) is 1.52. The number of hydrogen-bond acceptors (Lipinski definition) is 4. The standard InChI is InChI=1S/C12H12O4/c1-3-6-15-12-7-11(16-9-14-2)5-4-10(12)8-13/h1,4-5,7-8H,6,9H2,2H3. The van der Waals surface area contributed by atoms with Crippen molar-refractivity contribution in [1.82, 2.24) is 0 Å². The normalized spacial score (nSPS) is 9.25. The average molecular weight is 220 g/mol. The minimum Gasteiger partial charge on any atom is -0.480 e. The van der Waals surface area contributed by atoms with Crippen molar-refractivity contribution in [3.8, 4) is 23.8 Å². The number of hydrogen-bond donors (Lipinski definition) is 0. The van der Waals surface area contributed by atoms with Gasteiger partial charge in [-0.3, -0.25) is 4.79 Å². The van der Waals surface area contributed by atoms with Crippen molar-refractivity contribution in [2.45, 2.75) is 0 Å². The van der Waals surface area contributed by atoms with Crippen molar-refractivity contribution in [3.05, 3.63) is 23.8 Å². The molecule has 0 radical (unpaired) electrons. The number of benzene rings is 1. The molecule has 16 heavy (non-hydrogen) atoms. The Morgan fingerprint density at radius 3 is 2.88 bits per heavy atom. The van der Waals surface area contributed by atoms with E-state index in [4.69, 9.17) is 20.6 Å². The molecule has 0 heterocycles. The van der Waals surface area contributed by atoms with Crippen LogP contribution in [0.5, 0.6) is 11.5 Å². The highest BCUT2D eigenvalue weighted by Crippen LogP contribution is 2.23. The fraction of sp³-hybridized carbons (Fsp3) is 0.250. The molecule has 0 N–H and O–H groups in total. The molecule has 4 nitrogen and oxygen atoms in total. The lowest BCUT2D eigenvalue weighted by molar-refractivity contribution is 0.0509. The van der Waals surface area contributed by atoms with E-state index in [-0.39, 0.29) is 13.4 Å². The van der Waals surface area contributed by atoms with Gasteiger partial charge in [0.25, 0.3) is 0 Å². The molecule has 0 saturated carbocycles. The Morgan fingerprint density at radius 1 is 1.44 bits per heavy atom. The first kappa shape index (κ1) is 12.1. The Balaban J connectivity index is 2.83. The van der Waals surface area contributed by atoms with Crippen LogP contribution in [-0.2, 0) is 4.74 Å². The number of carbonyl (C=O) groups excluding carboxylic acids is 1. The van der Waals surface area contributed by atoms with Crippen LogP contribution < -0.4 is 9.47 Å². The van der Waals surface area contributed by atoms with Crippen LogP contribution >= 0.6 is 0 Å². The van der Waals surface area contributed by atoms with Crippen LogP contribution in [0.25, 0.3) is 0 Å². The molecule has 0 fully saturated rings. The lowest BCUT2D eigenvalue weighted by Gasteiger charge is -2.09. The first-order valence-electron chi connectivity index (χ1n) is 4.59. The molecule has 4 heteroatoms. The van der Waals surface area contributed by atoms with Gasteiger partial charge in [0.2, 0.25) is 0 Å². The van der Waals surface area contributed by atoms with Gasteiger partial charge in [-0.1, -0.05) is 5.92 Å². The molecule has 0 bridgehead atoms. The van der Waals surface area contributed by atoms with Crippen LogP contribution in [0.1, 0.15) is 10.4 Å². The summed E-state index contributed by atoms with van der Waals surface area (Å²) in [6.45, 7) is 0.240. The molecule has 0 atom stereocenters. The van der Waals surface area contributed by atoms with Gasteiger partial charge in [-0.2, -0.15) is 0 Å². The summed E-state index contributed by atoms with van der Waals surface area (Å²) in [5, 5.41) is 0. The van der Waals surface area contributed by atoms with Crippen molar-refractivity contribution in [3.63, 3.8) is 0 Å². The molecule has 0 aliphatic rings. The molecule has 0 amide bonds. The van der Waals surface area contributed by atoms with Gasteiger partial charge in [0.1, 0.15) is 18.1 Å². The third-order valence-electron chi connectivity index (χ3n) is 1.77. The zero-order valence-corrected chi connectivity index (χ0v) is 8.93. The number of terminal acetylenes is 1. The van der Waals surface area contributed by atoms with Crippen molar-refractivity contribution < 1.29 is 19.0 Å².